The largest absolute Gasteiger partial charge is 0.324 e. The number of fused-ring (bicyclic) bond motifs is 1. The number of anilines is 1. The van der Waals surface area contributed by atoms with Crippen LogP contribution in [0.4, 0.5) is 5.69 Å². The first-order valence-corrected chi connectivity index (χ1v) is 9.28. The van der Waals surface area contributed by atoms with E-state index in [1.54, 1.807) is 12.3 Å². The Labute approximate surface area is 161 Å². The van der Waals surface area contributed by atoms with Gasteiger partial charge in [0.1, 0.15) is 12.1 Å². The molecule has 0 spiro atoms. The van der Waals surface area contributed by atoms with E-state index in [2.05, 4.69) is 31.8 Å². The minimum atomic E-state index is -0.182. The van der Waals surface area contributed by atoms with E-state index >= 15 is 0 Å². The molecule has 5 rings (SSSR count). The third kappa shape index (κ3) is 3.13. The lowest BCUT2D eigenvalue weighted by Crippen LogP contribution is -2.19. The number of rotatable bonds is 5. The molecule has 0 radical (unpaired) electrons. The molecule has 1 aliphatic carbocycles. The molecule has 1 amide bonds. The van der Waals surface area contributed by atoms with Crippen LogP contribution in [-0.2, 0) is 11.3 Å². The number of carbonyl (C=O) groups excluding carboxylic acids is 1. The molecular weight excluding hydrogens is 354 g/mol. The van der Waals surface area contributed by atoms with Crippen molar-refractivity contribution in [2.45, 2.75) is 32.2 Å². The monoisotopic (exact) mass is 373 g/mol. The van der Waals surface area contributed by atoms with E-state index in [-0.39, 0.29) is 12.5 Å². The molecule has 3 heterocycles. The van der Waals surface area contributed by atoms with E-state index in [1.807, 2.05) is 41.9 Å². The maximum absolute atomic E-state index is 12.4. The van der Waals surface area contributed by atoms with E-state index in [0.717, 1.165) is 17.1 Å². The second-order valence-electron chi connectivity index (χ2n) is 7.08. The molecule has 0 bridgehead atoms. The highest BCUT2D eigenvalue weighted by Gasteiger charge is 2.28. The van der Waals surface area contributed by atoms with Gasteiger partial charge in [-0.25, -0.2) is 14.3 Å². The Kier molecular flexibility index (Phi) is 3.89. The van der Waals surface area contributed by atoms with Crippen molar-refractivity contribution in [3.63, 3.8) is 0 Å². The maximum atomic E-state index is 12.4. The second kappa shape index (κ2) is 6.56. The Balaban J connectivity index is 1.30. The molecule has 1 fully saturated rings. The Morgan fingerprint density at radius 1 is 1.21 bits per heavy atom. The van der Waals surface area contributed by atoms with Crippen molar-refractivity contribution in [1.29, 1.82) is 0 Å². The predicted octanol–water partition coefficient (Wildman–Crippen LogP) is 2.84. The van der Waals surface area contributed by atoms with Gasteiger partial charge in [-0.1, -0.05) is 5.21 Å². The average molecular weight is 373 g/mol. The molecule has 0 atom stereocenters. The topological polar surface area (TPSA) is 90.5 Å². The number of nitrogens with one attached hydrogen (secondary N) is 1. The van der Waals surface area contributed by atoms with Gasteiger partial charge in [-0.15, -0.1) is 5.10 Å². The second-order valence-corrected chi connectivity index (χ2v) is 7.08. The number of amides is 1. The fourth-order valence-corrected chi connectivity index (χ4v) is 3.34. The summed E-state index contributed by atoms with van der Waals surface area (Å²) < 4.78 is 3.50. The molecule has 28 heavy (non-hydrogen) atoms. The lowest BCUT2D eigenvalue weighted by Gasteiger charge is -2.09. The first-order valence-electron chi connectivity index (χ1n) is 9.28. The summed E-state index contributed by atoms with van der Waals surface area (Å²) >= 11 is 0. The van der Waals surface area contributed by atoms with Crippen LogP contribution in [0.5, 0.6) is 0 Å². The third-order valence-electron chi connectivity index (χ3n) is 4.81. The van der Waals surface area contributed by atoms with Gasteiger partial charge in [0.15, 0.2) is 5.65 Å². The number of hydrogen-bond acceptors (Lipinski definition) is 5. The average Bonchev–Trinajstić information content (AvgIpc) is 3.36. The van der Waals surface area contributed by atoms with Crippen molar-refractivity contribution in [1.82, 2.24) is 29.8 Å². The summed E-state index contributed by atoms with van der Waals surface area (Å²) in [6.45, 7) is 2.07. The Morgan fingerprint density at radius 3 is 2.82 bits per heavy atom. The molecule has 1 saturated carbocycles. The van der Waals surface area contributed by atoms with Crippen LogP contribution < -0.4 is 5.32 Å². The van der Waals surface area contributed by atoms with Gasteiger partial charge in [0.25, 0.3) is 0 Å². The highest BCUT2D eigenvalue weighted by atomic mass is 16.2. The van der Waals surface area contributed by atoms with Gasteiger partial charge < -0.3 is 5.32 Å². The number of aromatic nitrogens is 6. The minimum Gasteiger partial charge on any atom is -0.324 e. The van der Waals surface area contributed by atoms with Crippen molar-refractivity contribution in [2.75, 3.05) is 5.32 Å². The fraction of sp³-hybridized carbons (Fsp3) is 0.250. The lowest BCUT2D eigenvalue weighted by atomic mass is 10.2. The van der Waals surface area contributed by atoms with Crippen molar-refractivity contribution in [3.05, 3.63) is 60.0 Å². The lowest BCUT2D eigenvalue weighted by molar-refractivity contribution is -0.116. The molecule has 1 aliphatic rings. The maximum Gasteiger partial charge on any atom is 0.246 e. The van der Waals surface area contributed by atoms with Gasteiger partial charge in [-0.3, -0.25) is 4.79 Å². The zero-order valence-corrected chi connectivity index (χ0v) is 15.4. The van der Waals surface area contributed by atoms with Crippen LogP contribution in [0.25, 0.3) is 16.9 Å². The van der Waals surface area contributed by atoms with Gasteiger partial charge in [-0.2, -0.15) is 5.10 Å². The Morgan fingerprint density at radius 2 is 2.04 bits per heavy atom. The SMILES string of the molecule is Cc1cc(C2CC2)n(-c2ccc(NC(=O)Cn3nnc4cccnc43)cc2)n1. The van der Waals surface area contributed by atoms with Crippen LogP contribution in [0.15, 0.2) is 48.7 Å². The summed E-state index contributed by atoms with van der Waals surface area (Å²) in [6, 6.07) is 13.5. The van der Waals surface area contributed by atoms with Crippen molar-refractivity contribution in [3.8, 4) is 5.69 Å². The number of aryl methyl sites for hydroxylation is 1. The number of nitrogens with zero attached hydrogens (tertiary/aromatic N) is 6. The molecule has 8 nitrogen and oxygen atoms in total. The normalized spacial score (nSPS) is 13.8. The summed E-state index contributed by atoms with van der Waals surface area (Å²) in [6.07, 6.45) is 4.11. The molecule has 8 heteroatoms. The van der Waals surface area contributed by atoms with Crippen LogP contribution in [0.2, 0.25) is 0 Å². The van der Waals surface area contributed by atoms with Crippen molar-refractivity contribution < 1.29 is 4.79 Å². The van der Waals surface area contributed by atoms with Gasteiger partial charge in [0.05, 0.1) is 11.4 Å². The molecule has 0 aliphatic heterocycles. The van der Waals surface area contributed by atoms with Crippen LogP contribution in [0.3, 0.4) is 0 Å². The molecule has 1 aromatic carbocycles. The highest BCUT2D eigenvalue weighted by molar-refractivity contribution is 5.91. The van der Waals surface area contributed by atoms with Crippen LogP contribution in [-0.4, -0.2) is 35.7 Å². The van der Waals surface area contributed by atoms with Gasteiger partial charge >= 0.3 is 0 Å². The van der Waals surface area contributed by atoms with Gasteiger partial charge in [-0.05, 0) is 62.2 Å². The molecule has 0 unspecified atom stereocenters. The zero-order valence-electron chi connectivity index (χ0n) is 15.4. The summed E-state index contributed by atoms with van der Waals surface area (Å²) in [5.41, 5.74) is 5.27. The fourth-order valence-electron chi connectivity index (χ4n) is 3.34. The number of carbonyl (C=O) groups is 1. The van der Waals surface area contributed by atoms with Crippen LogP contribution in [0.1, 0.15) is 30.1 Å². The number of pyridine rings is 1. The van der Waals surface area contributed by atoms with E-state index in [9.17, 15) is 4.79 Å². The molecular formula is C20H19N7O. The quantitative estimate of drug-likeness (QED) is 0.581. The summed E-state index contributed by atoms with van der Waals surface area (Å²) in [7, 11) is 0. The summed E-state index contributed by atoms with van der Waals surface area (Å²) in [5, 5.41) is 15.5. The van der Waals surface area contributed by atoms with E-state index in [1.165, 1.54) is 23.2 Å². The third-order valence-corrected chi connectivity index (χ3v) is 4.81. The standard InChI is InChI=1S/C20H19N7O/c1-13-11-18(14-4-5-14)27(24-13)16-8-6-15(7-9-16)22-19(28)12-26-20-17(23-25-26)3-2-10-21-20/h2-3,6-11,14H,4-5,12H2,1H3,(H,22,28). The van der Waals surface area contributed by atoms with Crippen LogP contribution in [0, 0.1) is 6.92 Å². The molecule has 1 N–H and O–H groups in total. The summed E-state index contributed by atoms with van der Waals surface area (Å²) in [5.74, 6) is 0.436. The van der Waals surface area contributed by atoms with Gasteiger partial charge in [0.2, 0.25) is 5.91 Å². The number of benzene rings is 1. The van der Waals surface area contributed by atoms with Crippen LogP contribution >= 0.6 is 0 Å². The van der Waals surface area contributed by atoms with E-state index in [0.29, 0.717) is 17.1 Å². The smallest absolute Gasteiger partial charge is 0.246 e. The minimum absolute atomic E-state index is 0.0550. The summed E-state index contributed by atoms with van der Waals surface area (Å²) in [4.78, 5) is 16.6. The van der Waals surface area contributed by atoms with Crippen molar-refractivity contribution in [2.24, 2.45) is 0 Å². The first kappa shape index (κ1) is 16.6. The van der Waals surface area contributed by atoms with E-state index in [4.69, 9.17) is 0 Å². The van der Waals surface area contributed by atoms with E-state index < -0.39 is 0 Å². The first-order chi connectivity index (χ1) is 13.7. The number of hydrogen-bond donors (Lipinski definition) is 1. The predicted molar refractivity (Wildman–Crippen MR) is 104 cm³/mol. The molecule has 4 aromatic rings. The molecule has 0 saturated heterocycles. The Hall–Kier alpha value is -3.55. The molecule has 3 aromatic heterocycles. The van der Waals surface area contributed by atoms with Crippen molar-refractivity contribution >= 4 is 22.8 Å². The Bertz CT molecular complexity index is 1150. The molecule has 140 valence electrons. The highest BCUT2D eigenvalue weighted by Crippen LogP contribution is 2.41. The zero-order chi connectivity index (χ0) is 19.1. The van der Waals surface area contributed by atoms with Gasteiger partial charge in [0, 0.05) is 23.5 Å².